The number of furan rings is 1. The van der Waals surface area contributed by atoms with Crippen molar-refractivity contribution in [2.24, 2.45) is 0 Å². The van der Waals surface area contributed by atoms with E-state index in [9.17, 15) is 5.11 Å². The molecule has 1 heterocycles. The lowest BCUT2D eigenvalue weighted by atomic mass is 10.1. The minimum Gasteiger partial charge on any atom is -0.458 e. The van der Waals surface area contributed by atoms with E-state index in [4.69, 9.17) is 27.6 Å². The van der Waals surface area contributed by atoms with Crippen molar-refractivity contribution in [2.45, 2.75) is 13.0 Å². The molecule has 3 aromatic rings. The van der Waals surface area contributed by atoms with Gasteiger partial charge in [0.25, 0.3) is 0 Å². The molecule has 3 rings (SSSR count). The van der Waals surface area contributed by atoms with E-state index in [-0.39, 0.29) is 0 Å². The first kappa shape index (κ1) is 13.5. The lowest BCUT2D eigenvalue weighted by molar-refractivity contribution is 0.192. The Balaban J connectivity index is 2.02. The molecule has 2 aromatic carbocycles. The molecule has 2 nitrogen and oxygen atoms in total. The summed E-state index contributed by atoms with van der Waals surface area (Å²) in [5, 5.41) is 12.2. The van der Waals surface area contributed by atoms with Gasteiger partial charge in [-0.05, 0) is 42.8 Å². The Labute approximate surface area is 126 Å². The molecule has 0 saturated heterocycles. The van der Waals surface area contributed by atoms with Crippen LogP contribution in [0.4, 0.5) is 0 Å². The highest BCUT2D eigenvalue weighted by Gasteiger charge is 2.16. The van der Waals surface area contributed by atoms with Crippen LogP contribution in [0.5, 0.6) is 0 Å². The summed E-state index contributed by atoms with van der Waals surface area (Å²) >= 11 is 11.8. The monoisotopic (exact) mass is 306 g/mol. The fourth-order valence-corrected chi connectivity index (χ4v) is 2.47. The predicted octanol–water partition coefficient (Wildman–Crippen LogP) is 5.13. The summed E-state index contributed by atoms with van der Waals surface area (Å²) < 4.78 is 5.68. The molecule has 102 valence electrons. The van der Waals surface area contributed by atoms with Crippen molar-refractivity contribution in [2.75, 3.05) is 0 Å². The molecule has 0 aliphatic heterocycles. The van der Waals surface area contributed by atoms with Crippen LogP contribution in [-0.4, -0.2) is 5.11 Å². The molecule has 0 amide bonds. The normalized spacial score (nSPS) is 12.8. The number of aliphatic hydroxyl groups is 1. The van der Waals surface area contributed by atoms with Crippen molar-refractivity contribution in [3.05, 3.63) is 69.4 Å². The molecular weight excluding hydrogens is 295 g/mol. The molecule has 4 heteroatoms. The average Bonchev–Trinajstić information content (AvgIpc) is 2.84. The lowest BCUT2D eigenvalue weighted by Gasteiger charge is -2.08. The standard InChI is InChI=1S/C16H12Cl2O2/c1-9-2-5-14-11(6-9)8-15(20-14)16(19)10-3-4-12(17)13(18)7-10/h2-8,16,19H,1H3. The number of hydrogen-bond donors (Lipinski definition) is 1. The fraction of sp³-hybridized carbons (Fsp3) is 0.125. The highest BCUT2D eigenvalue weighted by molar-refractivity contribution is 6.42. The van der Waals surface area contributed by atoms with Crippen molar-refractivity contribution in [3.8, 4) is 0 Å². The molecule has 20 heavy (non-hydrogen) atoms. The Morgan fingerprint density at radius 1 is 1.00 bits per heavy atom. The second kappa shape index (κ2) is 5.13. The van der Waals surface area contributed by atoms with Crippen LogP contribution in [0.3, 0.4) is 0 Å². The lowest BCUT2D eigenvalue weighted by Crippen LogP contribution is -1.97. The van der Waals surface area contributed by atoms with Crippen molar-refractivity contribution >= 4 is 34.2 Å². The zero-order valence-electron chi connectivity index (χ0n) is 10.7. The van der Waals surface area contributed by atoms with E-state index >= 15 is 0 Å². The van der Waals surface area contributed by atoms with Crippen molar-refractivity contribution in [1.82, 2.24) is 0 Å². The molecule has 1 aromatic heterocycles. The average molecular weight is 307 g/mol. The quantitative estimate of drug-likeness (QED) is 0.712. The van der Waals surface area contributed by atoms with E-state index in [1.165, 1.54) is 0 Å². The molecule has 1 unspecified atom stereocenters. The second-order valence-corrected chi connectivity index (χ2v) is 5.58. The van der Waals surface area contributed by atoms with Gasteiger partial charge in [0.15, 0.2) is 0 Å². The summed E-state index contributed by atoms with van der Waals surface area (Å²) in [6, 6.07) is 12.8. The molecule has 0 radical (unpaired) electrons. The van der Waals surface area contributed by atoms with E-state index in [1.54, 1.807) is 18.2 Å². The highest BCUT2D eigenvalue weighted by atomic mass is 35.5. The number of fused-ring (bicyclic) bond motifs is 1. The summed E-state index contributed by atoms with van der Waals surface area (Å²) in [4.78, 5) is 0. The largest absolute Gasteiger partial charge is 0.458 e. The topological polar surface area (TPSA) is 33.4 Å². The molecule has 0 aliphatic carbocycles. The maximum Gasteiger partial charge on any atom is 0.138 e. The van der Waals surface area contributed by atoms with Gasteiger partial charge < -0.3 is 9.52 Å². The van der Waals surface area contributed by atoms with Crippen molar-refractivity contribution < 1.29 is 9.52 Å². The zero-order chi connectivity index (χ0) is 14.3. The minimum atomic E-state index is -0.863. The molecule has 0 spiro atoms. The van der Waals surface area contributed by atoms with Crippen LogP contribution in [0, 0.1) is 6.92 Å². The van der Waals surface area contributed by atoms with Gasteiger partial charge in [0.05, 0.1) is 10.0 Å². The van der Waals surface area contributed by atoms with Crippen molar-refractivity contribution in [1.29, 1.82) is 0 Å². The predicted molar refractivity (Wildman–Crippen MR) is 81.5 cm³/mol. The summed E-state index contributed by atoms with van der Waals surface area (Å²) in [7, 11) is 0. The van der Waals surface area contributed by atoms with E-state index in [0.29, 0.717) is 21.4 Å². The van der Waals surface area contributed by atoms with E-state index < -0.39 is 6.10 Å². The fourth-order valence-electron chi connectivity index (χ4n) is 2.16. The Kier molecular flexibility index (Phi) is 3.47. The second-order valence-electron chi connectivity index (χ2n) is 4.77. The number of aryl methyl sites for hydroxylation is 1. The van der Waals surface area contributed by atoms with Crippen LogP contribution in [-0.2, 0) is 0 Å². The minimum absolute atomic E-state index is 0.412. The van der Waals surface area contributed by atoms with Gasteiger partial charge in [-0.2, -0.15) is 0 Å². The van der Waals surface area contributed by atoms with Crippen LogP contribution in [0.25, 0.3) is 11.0 Å². The molecule has 0 bridgehead atoms. The molecule has 1 atom stereocenters. The highest BCUT2D eigenvalue weighted by Crippen LogP contribution is 2.31. The maximum absolute atomic E-state index is 10.4. The van der Waals surface area contributed by atoms with E-state index in [2.05, 4.69) is 0 Å². The van der Waals surface area contributed by atoms with Gasteiger partial charge in [0.1, 0.15) is 17.4 Å². The van der Waals surface area contributed by atoms with Crippen LogP contribution >= 0.6 is 23.2 Å². The Morgan fingerprint density at radius 2 is 1.80 bits per heavy atom. The SMILES string of the molecule is Cc1ccc2oc(C(O)c3ccc(Cl)c(Cl)c3)cc2c1. The van der Waals surface area contributed by atoms with Crippen LogP contribution in [0.15, 0.2) is 46.9 Å². The summed E-state index contributed by atoms with van der Waals surface area (Å²) in [6.45, 7) is 2.02. The van der Waals surface area contributed by atoms with Gasteiger partial charge in [-0.1, -0.05) is 40.9 Å². The van der Waals surface area contributed by atoms with Gasteiger partial charge in [-0.25, -0.2) is 0 Å². The van der Waals surface area contributed by atoms with Crippen molar-refractivity contribution in [3.63, 3.8) is 0 Å². The third-order valence-corrected chi connectivity index (χ3v) is 3.96. The van der Waals surface area contributed by atoms with Crippen LogP contribution in [0.1, 0.15) is 23.0 Å². The number of aliphatic hydroxyl groups excluding tert-OH is 1. The van der Waals surface area contributed by atoms with Gasteiger partial charge in [0, 0.05) is 5.39 Å². The summed E-state index contributed by atoms with van der Waals surface area (Å²) in [5.41, 5.74) is 2.55. The Morgan fingerprint density at radius 3 is 2.55 bits per heavy atom. The summed E-state index contributed by atoms with van der Waals surface area (Å²) in [6.07, 6.45) is -0.863. The van der Waals surface area contributed by atoms with Gasteiger partial charge in [-0.15, -0.1) is 0 Å². The zero-order valence-corrected chi connectivity index (χ0v) is 12.2. The molecule has 0 aliphatic rings. The first-order valence-electron chi connectivity index (χ1n) is 6.18. The van der Waals surface area contributed by atoms with E-state index in [0.717, 1.165) is 16.5 Å². The van der Waals surface area contributed by atoms with Gasteiger partial charge in [0.2, 0.25) is 0 Å². The molecule has 0 fully saturated rings. The Bertz CT molecular complexity index is 777. The summed E-state index contributed by atoms with van der Waals surface area (Å²) in [5.74, 6) is 0.490. The number of hydrogen-bond acceptors (Lipinski definition) is 2. The van der Waals surface area contributed by atoms with Gasteiger partial charge >= 0.3 is 0 Å². The number of benzene rings is 2. The maximum atomic E-state index is 10.4. The van der Waals surface area contributed by atoms with Gasteiger partial charge in [-0.3, -0.25) is 0 Å². The number of halogens is 2. The third-order valence-electron chi connectivity index (χ3n) is 3.22. The molecule has 1 N–H and O–H groups in total. The third kappa shape index (κ3) is 2.42. The molecule has 0 saturated carbocycles. The smallest absolute Gasteiger partial charge is 0.138 e. The Hall–Kier alpha value is -1.48. The first-order chi connectivity index (χ1) is 9.54. The van der Waals surface area contributed by atoms with Crippen LogP contribution < -0.4 is 0 Å². The molecular formula is C16H12Cl2O2. The first-order valence-corrected chi connectivity index (χ1v) is 6.93. The van der Waals surface area contributed by atoms with E-state index in [1.807, 2.05) is 31.2 Å². The number of rotatable bonds is 2. The van der Waals surface area contributed by atoms with Crippen LogP contribution in [0.2, 0.25) is 10.0 Å².